The largest absolute Gasteiger partial charge is 0.416 e. The summed E-state index contributed by atoms with van der Waals surface area (Å²) in [4.78, 5) is 0. The van der Waals surface area contributed by atoms with Crippen molar-refractivity contribution >= 4 is 17.3 Å². The Morgan fingerprint density at radius 2 is 1.80 bits per heavy atom. The van der Waals surface area contributed by atoms with Crippen molar-refractivity contribution in [3.8, 4) is 0 Å². The Labute approximate surface area is 90.3 Å². The number of benzene rings is 1. The number of hydrogen-bond donors (Lipinski definition) is 2. The number of nitrogens with two attached hydrogens (primary N) is 1. The number of alkyl halides is 3. The van der Waals surface area contributed by atoms with E-state index in [4.69, 9.17) is 5.73 Å². The third kappa shape index (κ3) is 3.75. The molecule has 15 heavy (non-hydrogen) atoms. The van der Waals surface area contributed by atoms with E-state index in [-0.39, 0.29) is 5.11 Å². The molecule has 0 amide bonds. The van der Waals surface area contributed by atoms with Crippen LogP contribution in [0.25, 0.3) is 0 Å². The fourth-order valence-corrected chi connectivity index (χ4v) is 1.07. The van der Waals surface area contributed by atoms with Gasteiger partial charge in [-0.05, 0) is 29.9 Å². The Bertz CT molecular complexity index is 345. The first kappa shape index (κ1) is 11.8. The topological polar surface area (TPSA) is 38.0 Å². The molecule has 1 aromatic rings. The van der Waals surface area contributed by atoms with Gasteiger partial charge in [-0.15, -0.1) is 0 Å². The summed E-state index contributed by atoms with van der Waals surface area (Å²) in [5.74, 6) is 0. The molecule has 0 aliphatic heterocycles. The van der Waals surface area contributed by atoms with Crippen LogP contribution in [0.3, 0.4) is 0 Å². The van der Waals surface area contributed by atoms with Gasteiger partial charge < -0.3 is 11.1 Å². The van der Waals surface area contributed by atoms with Crippen molar-refractivity contribution in [2.45, 2.75) is 12.7 Å². The third-order valence-corrected chi connectivity index (χ3v) is 1.89. The minimum absolute atomic E-state index is 0.120. The van der Waals surface area contributed by atoms with Gasteiger partial charge in [-0.3, -0.25) is 0 Å². The number of halogens is 3. The smallest absolute Gasteiger partial charge is 0.376 e. The summed E-state index contributed by atoms with van der Waals surface area (Å²) in [6.07, 6.45) is -4.30. The quantitative estimate of drug-likeness (QED) is 0.769. The zero-order chi connectivity index (χ0) is 11.5. The van der Waals surface area contributed by atoms with Gasteiger partial charge in [0.1, 0.15) is 0 Å². The van der Waals surface area contributed by atoms with E-state index in [9.17, 15) is 13.2 Å². The van der Waals surface area contributed by atoms with Crippen molar-refractivity contribution in [1.82, 2.24) is 5.32 Å². The monoisotopic (exact) mass is 234 g/mol. The lowest BCUT2D eigenvalue weighted by molar-refractivity contribution is -0.137. The van der Waals surface area contributed by atoms with Crippen LogP contribution in [0, 0.1) is 0 Å². The van der Waals surface area contributed by atoms with Crippen LogP contribution in [-0.4, -0.2) is 5.11 Å². The molecule has 0 heterocycles. The summed E-state index contributed by atoms with van der Waals surface area (Å²) in [5, 5.41) is 2.77. The lowest BCUT2D eigenvalue weighted by atomic mass is 10.1. The SMILES string of the molecule is NC(=S)NCc1ccc(C(F)(F)F)cc1. The summed E-state index contributed by atoms with van der Waals surface area (Å²) in [7, 11) is 0. The summed E-state index contributed by atoms with van der Waals surface area (Å²) < 4.78 is 36.5. The van der Waals surface area contributed by atoms with Crippen LogP contribution in [0.5, 0.6) is 0 Å². The highest BCUT2D eigenvalue weighted by Gasteiger charge is 2.29. The van der Waals surface area contributed by atoms with Gasteiger partial charge in [-0.2, -0.15) is 13.2 Å². The van der Waals surface area contributed by atoms with Crippen molar-refractivity contribution in [2.75, 3.05) is 0 Å². The van der Waals surface area contributed by atoms with E-state index in [1.807, 2.05) is 0 Å². The molecule has 0 spiro atoms. The second-order valence-corrected chi connectivity index (χ2v) is 3.35. The van der Waals surface area contributed by atoms with Crippen molar-refractivity contribution in [1.29, 1.82) is 0 Å². The Morgan fingerprint density at radius 3 is 2.20 bits per heavy atom. The highest BCUT2D eigenvalue weighted by molar-refractivity contribution is 7.80. The van der Waals surface area contributed by atoms with E-state index < -0.39 is 11.7 Å². The zero-order valence-electron chi connectivity index (χ0n) is 7.64. The van der Waals surface area contributed by atoms with Crippen molar-refractivity contribution in [2.24, 2.45) is 5.73 Å². The van der Waals surface area contributed by atoms with Crippen molar-refractivity contribution in [3.05, 3.63) is 35.4 Å². The molecule has 2 nitrogen and oxygen atoms in total. The lowest BCUT2D eigenvalue weighted by Crippen LogP contribution is -2.28. The summed E-state index contributed by atoms with van der Waals surface area (Å²) in [6, 6.07) is 4.81. The summed E-state index contributed by atoms with van der Waals surface area (Å²) >= 11 is 4.57. The highest BCUT2D eigenvalue weighted by Crippen LogP contribution is 2.28. The van der Waals surface area contributed by atoms with Gasteiger partial charge >= 0.3 is 6.18 Å². The zero-order valence-corrected chi connectivity index (χ0v) is 8.45. The molecular formula is C9H9F3N2S. The van der Waals surface area contributed by atoms with E-state index in [0.29, 0.717) is 12.1 Å². The molecule has 1 rings (SSSR count). The normalized spacial score (nSPS) is 11.1. The molecule has 0 atom stereocenters. The Morgan fingerprint density at radius 1 is 1.27 bits per heavy atom. The Balaban J connectivity index is 2.69. The van der Waals surface area contributed by atoms with E-state index in [1.165, 1.54) is 12.1 Å². The van der Waals surface area contributed by atoms with Crippen molar-refractivity contribution in [3.63, 3.8) is 0 Å². The molecule has 3 N–H and O–H groups in total. The van der Waals surface area contributed by atoms with Gasteiger partial charge in [-0.25, -0.2) is 0 Å². The van der Waals surface area contributed by atoms with Crippen LogP contribution in [0.15, 0.2) is 24.3 Å². The number of thiocarbonyl (C=S) groups is 1. The number of nitrogens with one attached hydrogen (secondary N) is 1. The molecule has 0 radical (unpaired) electrons. The number of hydrogen-bond acceptors (Lipinski definition) is 1. The fraction of sp³-hybridized carbons (Fsp3) is 0.222. The highest BCUT2D eigenvalue weighted by atomic mass is 32.1. The van der Waals surface area contributed by atoms with E-state index in [1.54, 1.807) is 0 Å². The molecule has 0 aliphatic carbocycles. The van der Waals surface area contributed by atoms with E-state index in [2.05, 4.69) is 17.5 Å². The van der Waals surface area contributed by atoms with E-state index in [0.717, 1.165) is 12.1 Å². The molecule has 0 aromatic heterocycles. The second-order valence-electron chi connectivity index (χ2n) is 2.91. The maximum absolute atomic E-state index is 12.2. The van der Waals surface area contributed by atoms with Gasteiger partial charge in [0.05, 0.1) is 5.56 Å². The van der Waals surface area contributed by atoms with Crippen LogP contribution in [0.1, 0.15) is 11.1 Å². The van der Waals surface area contributed by atoms with Gasteiger partial charge in [0.2, 0.25) is 0 Å². The van der Waals surface area contributed by atoms with Crippen LogP contribution in [0.2, 0.25) is 0 Å². The molecule has 0 saturated carbocycles. The lowest BCUT2D eigenvalue weighted by Gasteiger charge is -2.08. The van der Waals surface area contributed by atoms with Gasteiger partial charge in [0, 0.05) is 6.54 Å². The van der Waals surface area contributed by atoms with Crippen LogP contribution < -0.4 is 11.1 Å². The summed E-state index contributed by atoms with van der Waals surface area (Å²) in [6.45, 7) is 0.327. The molecule has 1 aromatic carbocycles. The second kappa shape index (κ2) is 4.48. The molecule has 6 heteroatoms. The average Bonchev–Trinajstić information content (AvgIpc) is 2.14. The first-order valence-electron chi connectivity index (χ1n) is 4.09. The van der Waals surface area contributed by atoms with Crippen LogP contribution in [-0.2, 0) is 12.7 Å². The third-order valence-electron chi connectivity index (χ3n) is 1.75. The Kier molecular flexibility index (Phi) is 3.52. The summed E-state index contributed by atoms with van der Waals surface area (Å²) in [5.41, 5.74) is 5.21. The first-order valence-corrected chi connectivity index (χ1v) is 4.50. The fourth-order valence-electron chi connectivity index (χ4n) is 1.00. The first-order chi connectivity index (χ1) is 6.89. The minimum atomic E-state index is -4.30. The molecule has 0 saturated heterocycles. The molecule has 0 unspecified atom stereocenters. The maximum Gasteiger partial charge on any atom is 0.416 e. The standard InChI is InChI=1S/C9H9F3N2S/c10-9(11,12)7-3-1-6(2-4-7)5-14-8(13)15/h1-4H,5H2,(H3,13,14,15). The predicted molar refractivity (Wildman–Crippen MR) is 55.1 cm³/mol. The molecule has 0 aliphatic rings. The maximum atomic E-state index is 12.2. The van der Waals surface area contributed by atoms with Gasteiger partial charge in [-0.1, -0.05) is 12.1 Å². The van der Waals surface area contributed by atoms with E-state index >= 15 is 0 Å². The van der Waals surface area contributed by atoms with Crippen LogP contribution >= 0.6 is 12.2 Å². The molecule has 0 fully saturated rings. The molecule has 0 bridgehead atoms. The van der Waals surface area contributed by atoms with Crippen LogP contribution in [0.4, 0.5) is 13.2 Å². The van der Waals surface area contributed by atoms with Gasteiger partial charge in [0.25, 0.3) is 0 Å². The Hall–Kier alpha value is -1.30. The van der Waals surface area contributed by atoms with Gasteiger partial charge in [0.15, 0.2) is 5.11 Å². The minimum Gasteiger partial charge on any atom is -0.376 e. The molecule has 82 valence electrons. The van der Waals surface area contributed by atoms with Crippen molar-refractivity contribution < 1.29 is 13.2 Å². The molecular weight excluding hydrogens is 225 g/mol. The number of rotatable bonds is 2. The predicted octanol–water partition coefficient (Wildman–Crippen LogP) is 2.04. The average molecular weight is 234 g/mol.